The Morgan fingerprint density at radius 1 is 0.864 bits per heavy atom. The topological polar surface area (TPSA) is 154 Å². The summed E-state index contributed by atoms with van der Waals surface area (Å²) in [5.74, 6) is -1.27. The zero-order chi connectivity index (χ0) is 40.7. The van der Waals surface area contributed by atoms with Crippen molar-refractivity contribution in [3.05, 3.63) is 95.0 Å². The number of carbonyl (C=O) groups excluding carboxylic acids is 3. The lowest BCUT2D eigenvalue weighted by Crippen LogP contribution is -2.68. The number of hydrogen-bond acceptors (Lipinski definition) is 11. The maximum absolute atomic E-state index is 15.2. The average Bonchev–Trinajstić information content (AvgIpc) is 3.20. The lowest BCUT2D eigenvalue weighted by Gasteiger charge is -2.61. The van der Waals surface area contributed by atoms with Crippen molar-refractivity contribution in [1.82, 2.24) is 29.7 Å². The van der Waals surface area contributed by atoms with Crippen LogP contribution in [-0.4, -0.2) is 106 Å². The second kappa shape index (κ2) is 16.0. The molecule has 1 spiro atoms. The van der Waals surface area contributed by atoms with Crippen molar-refractivity contribution >= 4 is 35.2 Å². The molecule has 2 aromatic heterocycles. The minimum absolute atomic E-state index is 0.0484. The second-order valence-corrected chi connectivity index (χ2v) is 16.6. The van der Waals surface area contributed by atoms with Gasteiger partial charge in [0.15, 0.2) is 5.82 Å². The number of ether oxygens (including phenoxy) is 1. The molecule has 14 nitrogen and oxygen atoms in total. The summed E-state index contributed by atoms with van der Waals surface area (Å²) in [5, 5.41) is 8.70. The molecule has 0 bridgehead atoms. The number of carbonyl (C=O) groups is 3. The largest absolute Gasteiger partial charge is 0.446 e. The van der Waals surface area contributed by atoms with Crippen LogP contribution in [0.2, 0.25) is 0 Å². The summed E-state index contributed by atoms with van der Waals surface area (Å²) in [6.45, 7) is 4.50. The van der Waals surface area contributed by atoms with Crippen LogP contribution in [0.1, 0.15) is 51.4 Å². The van der Waals surface area contributed by atoms with Gasteiger partial charge in [-0.2, -0.15) is 0 Å². The summed E-state index contributed by atoms with van der Waals surface area (Å²) in [6.07, 6.45) is 8.00. The fourth-order valence-corrected chi connectivity index (χ4v) is 9.37. The van der Waals surface area contributed by atoms with E-state index in [1.54, 1.807) is 54.7 Å². The average molecular weight is 808 g/mol. The van der Waals surface area contributed by atoms with E-state index in [9.17, 15) is 23.6 Å². The summed E-state index contributed by atoms with van der Waals surface area (Å²) < 4.78 is 37.6. The molecule has 1 unspecified atom stereocenters. The van der Waals surface area contributed by atoms with Gasteiger partial charge >= 0.3 is 6.09 Å². The van der Waals surface area contributed by atoms with Gasteiger partial charge in [0.25, 0.3) is 5.56 Å². The molecule has 308 valence electrons. The van der Waals surface area contributed by atoms with E-state index in [0.717, 1.165) is 45.0 Å². The molecule has 3 N–H and O–H groups in total. The van der Waals surface area contributed by atoms with Gasteiger partial charge in [0, 0.05) is 92.4 Å². The number of imide groups is 1. The Kier molecular flexibility index (Phi) is 10.5. The third-order valence-electron chi connectivity index (χ3n) is 12.6. The van der Waals surface area contributed by atoms with E-state index in [0.29, 0.717) is 80.1 Å². The fourth-order valence-electron chi connectivity index (χ4n) is 9.37. The molecule has 9 rings (SSSR count). The zero-order valence-corrected chi connectivity index (χ0v) is 32.6. The number of nitrogens with one attached hydrogen (secondary N) is 3. The Hall–Kier alpha value is -5.90. The second-order valence-electron chi connectivity index (χ2n) is 16.6. The molecule has 3 amide bonds. The molecule has 4 aromatic rings. The number of piperidine rings is 1. The minimum Gasteiger partial charge on any atom is -0.446 e. The van der Waals surface area contributed by atoms with E-state index in [-0.39, 0.29) is 59.0 Å². The third kappa shape index (κ3) is 8.22. The standard InChI is InChI=1S/C43H47F2N9O5/c44-33-21-29(47-35-12-14-37(55)49-40(35)57)9-13-36(33)52-18-16-51(17-19-52)31-22-43(23-31)25-53(26-43)42(58)59-32-10-7-28(8-11-32)48-41-46-24-34(45)39(50-41)27-4-3-5-30(20-27)54-15-2-1-6-38(54)56/h1-6,9,13,15,20-21,24,28,31-32,35,47H,7-8,10-12,14,16-19,22-23,25-26H2,(H,46,48,50)(H,49,55,57). The van der Waals surface area contributed by atoms with Crippen LogP contribution < -0.4 is 26.4 Å². The molecule has 0 radical (unpaired) electrons. The number of nitrogens with zero attached hydrogens (tertiary/aromatic N) is 6. The van der Waals surface area contributed by atoms with Crippen molar-refractivity contribution in [2.24, 2.45) is 5.41 Å². The normalized spacial score (nSPS) is 23.3. The van der Waals surface area contributed by atoms with Gasteiger partial charge < -0.3 is 25.2 Å². The van der Waals surface area contributed by atoms with Crippen molar-refractivity contribution < 1.29 is 27.9 Å². The van der Waals surface area contributed by atoms with Crippen molar-refractivity contribution in [3.63, 3.8) is 0 Å². The molecule has 5 heterocycles. The molecule has 2 saturated carbocycles. The molecule has 1 atom stereocenters. The maximum Gasteiger partial charge on any atom is 0.410 e. The van der Waals surface area contributed by atoms with E-state index in [1.165, 1.54) is 16.7 Å². The van der Waals surface area contributed by atoms with Crippen molar-refractivity contribution in [2.75, 3.05) is 54.8 Å². The number of likely N-dealkylation sites (tertiary alicyclic amines) is 1. The number of hydrogen-bond donors (Lipinski definition) is 3. The summed E-state index contributed by atoms with van der Waals surface area (Å²) >= 11 is 0. The predicted molar refractivity (Wildman–Crippen MR) is 216 cm³/mol. The highest BCUT2D eigenvalue weighted by Crippen LogP contribution is 2.50. The Bertz CT molecular complexity index is 2290. The number of rotatable bonds is 9. The van der Waals surface area contributed by atoms with Crippen molar-refractivity contribution in [2.45, 2.75) is 75.6 Å². The number of halogens is 2. The van der Waals surface area contributed by atoms with Gasteiger partial charge in [0.2, 0.25) is 17.8 Å². The van der Waals surface area contributed by atoms with Gasteiger partial charge in [-0.05, 0) is 81.3 Å². The molecule has 5 fully saturated rings. The minimum atomic E-state index is -0.564. The number of amides is 3. The van der Waals surface area contributed by atoms with E-state index in [4.69, 9.17) is 4.74 Å². The number of pyridine rings is 1. The molecule has 2 aliphatic carbocycles. The van der Waals surface area contributed by atoms with E-state index >= 15 is 4.39 Å². The lowest BCUT2D eigenvalue weighted by molar-refractivity contribution is -0.133. The Balaban J connectivity index is 0.691. The van der Waals surface area contributed by atoms with Gasteiger partial charge in [0.05, 0.1) is 11.9 Å². The highest BCUT2D eigenvalue weighted by atomic mass is 19.1. The molecule has 3 aliphatic heterocycles. The molecular weight excluding hydrogens is 761 g/mol. The van der Waals surface area contributed by atoms with Crippen LogP contribution in [0.5, 0.6) is 0 Å². The first-order valence-electron chi connectivity index (χ1n) is 20.5. The fraction of sp³-hybridized carbons (Fsp3) is 0.442. The smallest absolute Gasteiger partial charge is 0.410 e. The third-order valence-corrected chi connectivity index (χ3v) is 12.6. The SMILES string of the molecule is O=C1CCC(Nc2ccc(N3CCN(C4CC5(C4)CN(C(=O)OC4CCC(Nc6ncc(F)c(-c7cccc(-n8ccccc8=O)c7)n6)CC4)C5)CC3)c(F)c2)C(=O)N1. The Labute approximate surface area is 339 Å². The monoisotopic (exact) mass is 807 g/mol. The van der Waals surface area contributed by atoms with Gasteiger partial charge in [0.1, 0.15) is 23.7 Å². The summed E-state index contributed by atoms with van der Waals surface area (Å²) in [5.41, 5.74) is 2.29. The van der Waals surface area contributed by atoms with Gasteiger partial charge in [-0.25, -0.2) is 23.5 Å². The highest BCUT2D eigenvalue weighted by Gasteiger charge is 2.55. The van der Waals surface area contributed by atoms with Crippen LogP contribution >= 0.6 is 0 Å². The summed E-state index contributed by atoms with van der Waals surface area (Å²) in [6, 6.07) is 16.8. The Morgan fingerprint density at radius 2 is 1.66 bits per heavy atom. The van der Waals surface area contributed by atoms with Gasteiger partial charge in [-0.3, -0.25) is 29.2 Å². The zero-order valence-electron chi connectivity index (χ0n) is 32.6. The number of benzene rings is 2. The first kappa shape index (κ1) is 38.6. The molecule has 2 aromatic carbocycles. The van der Waals surface area contributed by atoms with Crippen LogP contribution in [0.15, 0.2) is 77.9 Å². The quantitative estimate of drug-likeness (QED) is 0.197. The number of anilines is 3. The summed E-state index contributed by atoms with van der Waals surface area (Å²) in [4.78, 5) is 64.0. The first-order valence-corrected chi connectivity index (χ1v) is 20.5. The van der Waals surface area contributed by atoms with Crippen LogP contribution in [0, 0.1) is 17.0 Å². The van der Waals surface area contributed by atoms with Crippen LogP contribution in [0.4, 0.5) is 30.9 Å². The number of piperazine rings is 1. The summed E-state index contributed by atoms with van der Waals surface area (Å²) in [7, 11) is 0. The van der Waals surface area contributed by atoms with Crippen LogP contribution in [-0.2, 0) is 14.3 Å². The van der Waals surface area contributed by atoms with E-state index < -0.39 is 11.9 Å². The molecular formula is C43H47F2N9O5. The van der Waals surface area contributed by atoms with Crippen LogP contribution in [0.3, 0.4) is 0 Å². The van der Waals surface area contributed by atoms with Crippen LogP contribution in [0.25, 0.3) is 16.9 Å². The first-order chi connectivity index (χ1) is 28.6. The van der Waals surface area contributed by atoms with Gasteiger partial charge in [-0.1, -0.05) is 18.2 Å². The van der Waals surface area contributed by atoms with E-state index in [1.807, 2.05) is 4.90 Å². The van der Waals surface area contributed by atoms with E-state index in [2.05, 4.69) is 35.7 Å². The maximum atomic E-state index is 15.2. The molecule has 5 aliphatic rings. The molecule has 16 heteroatoms. The predicted octanol–water partition coefficient (Wildman–Crippen LogP) is 4.94. The van der Waals surface area contributed by atoms with Crippen molar-refractivity contribution in [1.29, 1.82) is 0 Å². The number of aromatic nitrogens is 3. The lowest BCUT2D eigenvalue weighted by atomic mass is 9.60. The van der Waals surface area contributed by atoms with Crippen molar-refractivity contribution in [3.8, 4) is 16.9 Å². The Morgan fingerprint density at radius 3 is 2.41 bits per heavy atom. The molecule has 59 heavy (non-hydrogen) atoms. The highest BCUT2D eigenvalue weighted by molar-refractivity contribution is 6.01. The van der Waals surface area contributed by atoms with Gasteiger partial charge in [-0.15, -0.1) is 0 Å². The molecule has 3 saturated heterocycles.